The van der Waals surface area contributed by atoms with Crippen molar-refractivity contribution in [1.29, 1.82) is 0 Å². The lowest BCUT2D eigenvalue weighted by molar-refractivity contribution is 0.200. The zero-order valence-corrected chi connectivity index (χ0v) is 9.80. The lowest BCUT2D eigenvalue weighted by Gasteiger charge is -2.08. The highest BCUT2D eigenvalue weighted by atomic mass is 16.5. The molecule has 18 heavy (non-hydrogen) atoms. The van der Waals surface area contributed by atoms with E-state index in [1.165, 1.54) is 0 Å². The van der Waals surface area contributed by atoms with E-state index >= 15 is 0 Å². The van der Waals surface area contributed by atoms with Crippen molar-refractivity contribution in [2.75, 3.05) is 5.73 Å². The first-order chi connectivity index (χ1) is 8.75. The maximum absolute atomic E-state index is 11.5. The number of carbonyl (C=O) groups is 1. The summed E-state index contributed by atoms with van der Waals surface area (Å²) in [6.45, 7) is 0.346. The molecule has 0 saturated heterocycles. The number of ether oxygens (including phenoxy) is 1. The number of anilines is 1. The number of nitrogens with two attached hydrogens (primary N) is 1. The van der Waals surface area contributed by atoms with Crippen LogP contribution >= 0.6 is 0 Å². The second-order valence-electron chi connectivity index (χ2n) is 3.75. The van der Waals surface area contributed by atoms with Gasteiger partial charge in [-0.25, -0.2) is 4.79 Å². The second kappa shape index (κ2) is 5.72. The Labute approximate surface area is 105 Å². The number of para-hydroxylation sites is 2. The van der Waals surface area contributed by atoms with Crippen LogP contribution in [-0.4, -0.2) is 6.09 Å². The van der Waals surface area contributed by atoms with E-state index in [0.29, 0.717) is 18.0 Å². The van der Waals surface area contributed by atoms with Crippen molar-refractivity contribution in [1.82, 2.24) is 5.32 Å². The van der Waals surface area contributed by atoms with Crippen molar-refractivity contribution < 1.29 is 9.53 Å². The maximum Gasteiger partial charge on any atom is 0.412 e. The van der Waals surface area contributed by atoms with Crippen LogP contribution in [0.4, 0.5) is 10.5 Å². The number of rotatable bonds is 3. The molecule has 0 unspecified atom stereocenters. The number of nitrogens with one attached hydrogen (secondary N) is 1. The standard InChI is InChI=1S/C14H14N2O2/c15-13-9-5-4-6-11(13)10-16-14(17)18-12-7-2-1-3-8-12/h1-9H,10,15H2,(H,16,17). The Hall–Kier alpha value is -2.49. The summed E-state index contributed by atoms with van der Waals surface area (Å²) in [5.74, 6) is 0.510. The molecule has 0 saturated carbocycles. The fourth-order valence-electron chi connectivity index (χ4n) is 1.49. The monoisotopic (exact) mass is 242 g/mol. The first kappa shape index (κ1) is 12.0. The van der Waals surface area contributed by atoms with E-state index < -0.39 is 6.09 Å². The highest BCUT2D eigenvalue weighted by Gasteiger charge is 2.04. The Morgan fingerprint density at radius 2 is 1.72 bits per heavy atom. The van der Waals surface area contributed by atoms with Gasteiger partial charge in [0.2, 0.25) is 0 Å². The van der Waals surface area contributed by atoms with Crippen LogP contribution in [-0.2, 0) is 6.54 Å². The number of benzene rings is 2. The first-order valence-electron chi connectivity index (χ1n) is 5.60. The molecule has 3 N–H and O–H groups in total. The van der Waals surface area contributed by atoms with Crippen molar-refractivity contribution in [3.8, 4) is 5.75 Å². The normalized spacial score (nSPS) is 9.78. The van der Waals surface area contributed by atoms with Gasteiger partial charge in [0.25, 0.3) is 0 Å². The fourth-order valence-corrected chi connectivity index (χ4v) is 1.49. The summed E-state index contributed by atoms with van der Waals surface area (Å²) >= 11 is 0. The van der Waals surface area contributed by atoms with Gasteiger partial charge in [-0.3, -0.25) is 0 Å². The number of nitrogen functional groups attached to an aromatic ring is 1. The van der Waals surface area contributed by atoms with Crippen molar-refractivity contribution in [2.45, 2.75) is 6.54 Å². The smallest absolute Gasteiger partial charge is 0.410 e. The molecule has 2 rings (SSSR count). The number of amides is 1. The Morgan fingerprint density at radius 1 is 1.06 bits per heavy atom. The van der Waals surface area contributed by atoms with Gasteiger partial charge in [-0.1, -0.05) is 36.4 Å². The molecule has 2 aromatic rings. The summed E-state index contributed by atoms with van der Waals surface area (Å²) < 4.78 is 5.09. The van der Waals surface area contributed by atoms with Crippen molar-refractivity contribution in [2.24, 2.45) is 0 Å². The lowest BCUT2D eigenvalue weighted by Crippen LogP contribution is -2.26. The molecular formula is C14H14N2O2. The minimum absolute atomic E-state index is 0.346. The molecule has 0 radical (unpaired) electrons. The topological polar surface area (TPSA) is 64.3 Å². The third kappa shape index (κ3) is 3.25. The lowest BCUT2D eigenvalue weighted by atomic mass is 10.2. The molecule has 0 heterocycles. The molecule has 0 aliphatic heterocycles. The average Bonchev–Trinajstić information content (AvgIpc) is 2.39. The van der Waals surface area contributed by atoms with Gasteiger partial charge in [0.05, 0.1) is 0 Å². The van der Waals surface area contributed by atoms with E-state index in [2.05, 4.69) is 5.32 Å². The third-order valence-corrected chi connectivity index (χ3v) is 2.43. The molecule has 0 aliphatic rings. The Balaban J connectivity index is 1.88. The minimum Gasteiger partial charge on any atom is -0.410 e. The van der Waals surface area contributed by atoms with Gasteiger partial charge in [0, 0.05) is 12.2 Å². The van der Waals surface area contributed by atoms with Gasteiger partial charge in [-0.05, 0) is 23.8 Å². The van der Waals surface area contributed by atoms with Crippen molar-refractivity contribution >= 4 is 11.8 Å². The highest BCUT2D eigenvalue weighted by Crippen LogP contribution is 2.11. The zero-order chi connectivity index (χ0) is 12.8. The van der Waals surface area contributed by atoms with Gasteiger partial charge >= 0.3 is 6.09 Å². The van der Waals surface area contributed by atoms with Crippen LogP contribution in [0.5, 0.6) is 5.75 Å². The van der Waals surface area contributed by atoms with Gasteiger partial charge in [-0.15, -0.1) is 0 Å². The van der Waals surface area contributed by atoms with E-state index in [-0.39, 0.29) is 0 Å². The quantitative estimate of drug-likeness (QED) is 0.813. The van der Waals surface area contributed by atoms with Crippen molar-refractivity contribution in [3.05, 3.63) is 60.2 Å². The molecule has 4 heteroatoms. The van der Waals surface area contributed by atoms with Gasteiger partial charge in [0.1, 0.15) is 5.75 Å². The molecule has 92 valence electrons. The van der Waals surface area contributed by atoms with Crippen molar-refractivity contribution in [3.63, 3.8) is 0 Å². The zero-order valence-electron chi connectivity index (χ0n) is 9.80. The third-order valence-electron chi connectivity index (χ3n) is 2.43. The highest BCUT2D eigenvalue weighted by molar-refractivity contribution is 5.70. The molecule has 0 aromatic heterocycles. The number of hydrogen-bond acceptors (Lipinski definition) is 3. The van der Waals surface area contributed by atoms with Crippen LogP contribution in [0.15, 0.2) is 54.6 Å². The van der Waals surface area contributed by atoms with Gasteiger partial charge < -0.3 is 15.8 Å². The van der Waals surface area contributed by atoms with Crippen LogP contribution in [0.25, 0.3) is 0 Å². The van der Waals surface area contributed by atoms with E-state index in [4.69, 9.17) is 10.5 Å². The van der Waals surface area contributed by atoms with Gasteiger partial charge in [-0.2, -0.15) is 0 Å². The van der Waals surface area contributed by atoms with Crippen LogP contribution in [0.1, 0.15) is 5.56 Å². The Kier molecular flexibility index (Phi) is 3.81. The fraction of sp³-hybridized carbons (Fsp3) is 0.0714. The minimum atomic E-state index is -0.496. The first-order valence-corrected chi connectivity index (χ1v) is 5.60. The van der Waals surface area contributed by atoms with E-state index in [1.54, 1.807) is 30.3 Å². The van der Waals surface area contributed by atoms with Gasteiger partial charge in [0.15, 0.2) is 0 Å². The molecule has 1 amide bonds. The molecule has 0 bridgehead atoms. The summed E-state index contributed by atoms with van der Waals surface area (Å²) in [6, 6.07) is 16.3. The van der Waals surface area contributed by atoms with Crippen LogP contribution in [0.3, 0.4) is 0 Å². The molecule has 0 spiro atoms. The SMILES string of the molecule is Nc1ccccc1CNC(=O)Oc1ccccc1. The summed E-state index contributed by atoms with van der Waals surface area (Å²) in [5.41, 5.74) is 7.28. The van der Waals surface area contributed by atoms with E-state index in [0.717, 1.165) is 5.56 Å². The Bertz CT molecular complexity index is 526. The molecular weight excluding hydrogens is 228 g/mol. The van der Waals surface area contributed by atoms with Crippen LogP contribution in [0.2, 0.25) is 0 Å². The summed E-state index contributed by atoms with van der Waals surface area (Å²) in [7, 11) is 0. The summed E-state index contributed by atoms with van der Waals surface area (Å²) in [5, 5.41) is 2.65. The largest absolute Gasteiger partial charge is 0.412 e. The summed E-state index contributed by atoms with van der Waals surface area (Å²) in [6.07, 6.45) is -0.496. The maximum atomic E-state index is 11.5. The second-order valence-corrected chi connectivity index (χ2v) is 3.75. The molecule has 4 nitrogen and oxygen atoms in total. The van der Waals surface area contributed by atoms with E-state index in [9.17, 15) is 4.79 Å². The van der Waals surface area contributed by atoms with Crippen LogP contribution in [0, 0.1) is 0 Å². The number of carbonyl (C=O) groups excluding carboxylic acids is 1. The molecule has 2 aromatic carbocycles. The molecule has 0 atom stereocenters. The van der Waals surface area contributed by atoms with Crippen LogP contribution < -0.4 is 15.8 Å². The predicted molar refractivity (Wildman–Crippen MR) is 70.2 cm³/mol. The summed E-state index contributed by atoms with van der Waals surface area (Å²) in [4.78, 5) is 11.5. The number of hydrogen-bond donors (Lipinski definition) is 2. The average molecular weight is 242 g/mol. The molecule has 0 aliphatic carbocycles. The van der Waals surface area contributed by atoms with E-state index in [1.807, 2.05) is 24.3 Å². The predicted octanol–water partition coefficient (Wildman–Crippen LogP) is 2.56. The molecule has 0 fully saturated rings. The Morgan fingerprint density at radius 3 is 2.44 bits per heavy atom.